The number of nitrogens with one attached hydrogen (secondary N) is 1. The summed E-state index contributed by atoms with van der Waals surface area (Å²) in [6.07, 6.45) is 5.08. The number of rotatable bonds is 4. The third kappa shape index (κ3) is 2.67. The van der Waals surface area contributed by atoms with Gasteiger partial charge in [-0.15, -0.1) is 0 Å². The number of aliphatic hydroxyl groups excluding tert-OH is 1. The van der Waals surface area contributed by atoms with Gasteiger partial charge in [0.2, 0.25) is 0 Å². The summed E-state index contributed by atoms with van der Waals surface area (Å²) in [6.45, 7) is 0.0876. The van der Waals surface area contributed by atoms with Crippen molar-refractivity contribution < 1.29 is 5.11 Å². The van der Waals surface area contributed by atoms with Gasteiger partial charge in [-0.2, -0.15) is 0 Å². The Kier molecular flexibility index (Phi) is 3.80. The second kappa shape index (κ2) is 5.52. The minimum absolute atomic E-state index is 0.0175. The number of hydrogen-bond donors (Lipinski definition) is 2. The third-order valence-corrected chi connectivity index (χ3v) is 2.74. The Labute approximate surface area is 100 Å². The van der Waals surface area contributed by atoms with E-state index in [0.29, 0.717) is 0 Å². The molecule has 0 saturated carbocycles. The molecule has 0 amide bonds. The largest absolute Gasteiger partial charge is 0.394 e. The van der Waals surface area contributed by atoms with Crippen LogP contribution in [0.5, 0.6) is 0 Å². The molecular weight excluding hydrogens is 214 g/mol. The number of likely N-dealkylation sites (N-methyl/N-ethyl adjacent to an activating group) is 1. The molecule has 1 aromatic heterocycles. The quantitative estimate of drug-likeness (QED) is 0.832. The molecule has 1 aromatic carbocycles. The lowest BCUT2D eigenvalue weighted by molar-refractivity contribution is 0.251. The Balaban J connectivity index is 2.24. The van der Waals surface area contributed by atoms with Crippen LogP contribution in [0.3, 0.4) is 0 Å². The van der Waals surface area contributed by atoms with Gasteiger partial charge in [0.1, 0.15) is 6.33 Å². The molecular formula is C13H15N3O. The van der Waals surface area contributed by atoms with Crippen molar-refractivity contribution in [3.63, 3.8) is 0 Å². The molecule has 4 heteroatoms. The van der Waals surface area contributed by atoms with Gasteiger partial charge in [-0.05, 0) is 18.2 Å². The van der Waals surface area contributed by atoms with Crippen molar-refractivity contribution in [1.82, 2.24) is 15.3 Å². The molecule has 0 aliphatic heterocycles. The molecule has 0 aliphatic carbocycles. The fraction of sp³-hybridized carbons (Fsp3) is 0.231. The highest BCUT2D eigenvalue weighted by atomic mass is 16.3. The van der Waals surface area contributed by atoms with Crippen LogP contribution in [0.1, 0.15) is 11.6 Å². The standard InChI is InChI=1S/C13H15N3O/c1-14-13(8-17)11-4-2-10(3-5-11)12-6-15-9-16-7-12/h2-7,9,13-14,17H,8H2,1H3. The number of aromatic nitrogens is 2. The lowest BCUT2D eigenvalue weighted by Gasteiger charge is -2.13. The van der Waals surface area contributed by atoms with Gasteiger partial charge in [0.05, 0.1) is 12.6 Å². The molecule has 0 aliphatic rings. The lowest BCUT2D eigenvalue weighted by atomic mass is 10.0. The molecule has 1 heterocycles. The number of aliphatic hydroxyl groups is 1. The molecule has 17 heavy (non-hydrogen) atoms. The van der Waals surface area contributed by atoms with Crippen LogP contribution in [0.15, 0.2) is 43.0 Å². The van der Waals surface area contributed by atoms with E-state index in [1.807, 2.05) is 31.3 Å². The molecule has 1 atom stereocenters. The predicted octanol–water partition coefficient (Wildman–Crippen LogP) is 1.40. The minimum atomic E-state index is -0.0175. The molecule has 4 nitrogen and oxygen atoms in total. The first-order chi connectivity index (χ1) is 8.35. The van der Waals surface area contributed by atoms with Crippen molar-refractivity contribution in [3.05, 3.63) is 48.5 Å². The molecule has 1 unspecified atom stereocenters. The van der Waals surface area contributed by atoms with Gasteiger partial charge in [-0.25, -0.2) is 9.97 Å². The summed E-state index contributed by atoms with van der Waals surface area (Å²) >= 11 is 0. The zero-order valence-electron chi connectivity index (χ0n) is 9.67. The summed E-state index contributed by atoms with van der Waals surface area (Å²) in [6, 6.07) is 8.00. The summed E-state index contributed by atoms with van der Waals surface area (Å²) in [5.41, 5.74) is 3.13. The zero-order valence-corrected chi connectivity index (χ0v) is 9.67. The number of nitrogens with zero attached hydrogens (tertiary/aromatic N) is 2. The Bertz CT molecular complexity index is 452. The van der Waals surface area contributed by atoms with E-state index in [1.54, 1.807) is 12.4 Å². The zero-order chi connectivity index (χ0) is 12.1. The van der Waals surface area contributed by atoms with Crippen LogP contribution in [-0.4, -0.2) is 28.7 Å². The smallest absolute Gasteiger partial charge is 0.115 e. The van der Waals surface area contributed by atoms with Gasteiger partial charge < -0.3 is 10.4 Å². The maximum Gasteiger partial charge on any atom is 0.115 e. The van der Waals surface area contributed by atoms with E-state index in [4.69, 9.17) is 0 Å². The molecule has 0 radical (unpaired) electrons. The Morgan fingerprint density at radius 1 is 1.12 bits per heavy atom. The minimum Gasteiger partial charge on any atom is -0.394 e. The first-order valence-corrected chi connectivity index (χ1v) is 5.48. The fourth-order valence-corrected chi connectivity index (χ4v) is 1.72. The molecule has 0 spiro atoms. The summed E-state index contributed by atoms with van der Waals surface area (Å²) < 4.78 is 0. The van der Waals surface area contributed by atoms with Gasteiger partial charge in [-0.1, -0.05) is 24.3 Å². The van der Waals surface area contributed by atoms with Crippen LogP contribution in [0.4, 0.5) is 0 Å². The maximum absolute atomic E-state index is 9.18. The van der Waals surface area contributed by atoms with Crippen molar-refractivity contribution in [2.45, 2.75) is 6.04 Å². The first-order valence-electron chi connectivity index (χ1n) is 5.48. The maximum atomic E-state index is 9.18. The Morgan fingerprint density at radius 2 is 1.76 bits per heavy atom. The molecule has 2 aromatic rings. The van der Waals surface area contributed by atoms with E-state index < -0.39 is 0 Å². The Hall–Kier alpha value is -1.78. The van der Waals surface area contributed by atoms with E-state index >= 15 is 0 Å². The highest BCUT2D eigenvalue weighted by Crippen LogP contribution is 2.20. The van der Waals surface area contributed by atoms with Gasteiger partial charge in [-0.3, -0.25) is 0 Å². The third-order valence-electron chi connectivity index (χ3n) is 2.74. The molecule has 0 saturated heterocycles. The van der Waals surface area contributed by atoms with Crippen LogP contribution in [0.2, 0.25) is 0 Å². The second-order valence-corrected chi connectivity index (χ2v) is 3.77. The lowest BCUT2D eigenvalue weighted by Crippen LogP contribution is -2.19. The molecule has 2 rings (SSSR count). The van der Waals surface area contributed by atoms with Crippen molar-refractivity contribution >= 4 is 0 Å². The van der Waals surface area contributed by atoms with Crippen LogP contribution >= 0.6 is 0 Å². The van der Waals surface area contributed by atoms with Crippen LogP contribution in [0, 0.1) is 0 Å². The van der Waals surface area contributed by atoms with Crippen LogP contribution in [-0.2, 0) is 0 Å². The molecule has 0 bridgehead atoms. The fourth-order valence-electron chi connectivity index (χ4n) is 1.72. The highest BCUT2D eigenvalue weighted by Gasteiger charge is 2.07. The summed E-state index contributed by atoms with van der Waals surface area (Å²) in [4.78, 5) is 7.97. The normalized spacial score (nSPS) is 12.4. The number of hydrogen-bond acceptors (Lipinski definition) is 4. The van der Waals surface area contributed by atoms with Crippen molar-refractivity contribution in [3.8, 4) is 11.1 Å². The monoisotopic (exact) mass is 229 g/mol. The average Bonchev–Trinajstić information content (AvgIpc) is 2.42. The van der Waals surface area contributed by atoms with Crippen molar-refractivity contribution in [1.29, 1.82) is 0 Å². The van der Waals surface area contributed by atoms with Gasteiger partial charge in [0, 0.05) is 18.0 Å². The summed E-state index contributed by atoms with van der Waals surface area (Å²) in [5.74, 6) is 0. The molecule has 0 fully saturated rings. The highest BCUT2D eigenvalue weighted by molar-refractivity contribution is 5.61. The van der Waals surface area contributed by atoms with Crippen LogP contribution < -0.4 is 5.32 Å². The van der Waals surface area contributed by atoms with Crippen molar-refractivity contribution in [2.24, 2.45) is 0 Å². The van der Waals surface area contributed by atoms with E-state index in [-0.39, 0.29) is 12.6 Å². The van der Waals surface area contributed by atoms with E-state index in [1.165, 1.54) is 6.33 Å². The first kappa shape index (κ1) is 11.7. The van der Waals surface area contributed by atoms with Gasteiger partial charge >= 0.3 is 0 Å². The molecule has 88 valence electrons. The molecule has 2 N–H and O–H groups in total. The van der Waals surface area contributed by atoms with Crippen LogP contribution in [0.25, 0.3) is 11.1 Å². The number of benzene rings is 1. The Morgan fingerprint density at radius 3 is 2.29 bits per heavy atom. The van der Waals surface area contributed by atoms with E-state index in [2.05, 4.69) is 15.3 Å². The predicted molar refractivity (Wildman–Crippen MR) is 66.4 cm³/mol. The van der Waals surface area contributed by atoms with E-state index in [0.717, 1.165) is 16.7 Å². The summed E-state index contributed by atoms with van der Waals surface area (Å²) in [7, 11) is 1.83. The topological polar surface area (TPSA) is 58.0 Å². The van der Waals surface area contributed by atoms with Crippen molar-refractivity contribution in [2.75, 3.05) is 13.7 Å². The average molecular weight is 229 g/mol. The van der Waals surface area contributed by atoms with E-state index in [9.17, 15) is 5.11 Å². The van der Waals surface area contributed by atoms with Gasteiger partial charge in [0.15, 0.2) is 0 Å². The second-order valence-electron chi connectivity index (χ2n) is 3.77. The SMILES string of the molecule is CNC(CO)c1ccc(-c2cncnc2)cc1. The summed E-state index contributed by atoms with van der Waals surface area (Å²) in [5, 5.41) is 12.2. The van der Waals surface area contributed by atoms with Gasteiger partial charge in [0.25, 0.3) is 0 Å².